The van der Waals surface area contributed by atoms with E-state index in [1.165, 1.54) is 6.08 Å². The van der Waals surface area contributed by atoms with Gasteiger partial charge in [0.15, 0.2) is 0 Å². The molecule has 0 bridgehead atoms. The zero-order valence-electron chi connectivity index (χ0n) is 5.15. The third kappa shape index (κ3) is 6.54. The van der Waals surface area contributed by atoms with Crippen molar-refractivity contribution in [1.29, 1.82) is 0 Å². The van der Waals surface area contributed by atoms with Gasteiger partial charge in [0.05, 0.1) is 0 Å². The second-order valence-electron chi connectivity index (χ2n) is 1.16. The first-order valence-corrected chi connectivity index (χ1v) is 2.94. The Kier molecular flexibility index (Phi) is 9.82. The minimum absolute atomic E-state index is 0. The minimum atomic E-state index is -0.610. The van der Waals surface area contributed by atoms with E-state index in [2.05, 4.69) is 36.9 Å². The van der Waals surface area contributed by atoms with Gasteiger partial charge in [-0.3, -0.25) is 0 Å². The van der Waals surface area contributed by atoms with Crippen molar-refractivity contribution in [2.75, 3.05) is 6.61 Å². The first kappa shape index (κ1) is 13.0. The Morgan fingerprint density at radius 3 is 2.50 bits per heavy atom. The molecule has 0 aromatic carbocycles. The standard InChI is InChI=1S/C4H7NO2S2.Ti/c1-2-3-7-4(6)5(8)9;/h2,8-9H,1,3H2;. The van der Waals surface area contributed by atoms with Crippen LogP contribution in [0.15, 0.2) is 12.7 Å². The van der Waals surface area contributed by atoms with Gasteiger partial charge in [0.25, 0.3) is 0 Å². The van der Waals surface area contributed by atoms with Crippen molar-refractivity contribution < 1.29 is 31.2 Å². The molecule has 6 heteroatoms. The summed E-state index contributed by atoms with van der Waals surface area (Å²) in [7, 11) is 0. The van der Waals surface area contributed by atoms with Crippen LogP contribution in [0.4, 0.5) is 4.79 Å². The molecule has 0 saturated carbocycles. The van der Waals surface area contributed by atoms with Gasteiger partial charge in [-0.05, 0) is 25.6 Å². The third-order valence-electron chi connectivity index (χ3n) is 0.488. The largest absolute Gasteiger partial charge is 0.444 e. The molecule has 0 N–H and O–H groups in total. The summed E-state index contributed by atoms with van der Waals surface area (Å²) in [4.78, 5) is 10.4. The van der Waals surface area contributed by atoms with E-state index in [1.807, 2.05) is 0 Å². The number of thiol groups is 2. The van der Waals surface area contributed by atoms with Gasteiger partial charge in [0.2, 0.25) is 0 Å². The maximum atomic E-state index is 10.4. The van der Waals surface area contributed by atoms with E-state index in [0.717, 1.165) is 3.71 Å². The van der Waals surface area contributed by atoms with Crippen molar-refractivity contribution in [1.82, 2.24) is 3.71 Å². The molecule has 0 spiro atoms. The van der Waals surface area contributed by atoms with E-state index in [9.17, 15) is 4.79 Å². The molecule has 56 valence electrons. The van der Waals surface area contributed by atoms with Gasteiger partial charge >= 0.3 is 6.09 Å². The number of rotatable bonds is 2. The molecule has 0 unspecified atom stereocenters. The van der Waals surface area contributed by atoms with Crippen molar-refractivity contribution in [2.24, 2.45) is 0 Å². The fourth-order valence-electron chi connectivity index (χ4n) is 0.188. The summed E-state index contributed by atoms with van der Waals surface area (Å²) in [6, 6.07) is 0. The van der Waals surface area contributed by atoms with E-state index >= 15 is 0 Å². The summed E-state index contributed by atoms with van der Waals surface area (Å²) in [6.45, 7) is 3.52. The molecule has 0 fully saturated rings. The van der Waals surface area contributed by atoms with Gasteiger partial charge in [-0.25, -0.2) is 4.79 Å². The van der Waals surface area contributed by atoms with E-state index in [0.29, 0.717) is 0 Å². The summed E-state index contributed by atoms with van der Waals surface area (Å²) in [5.41, 5.74) is 0. The molecule has 0 aliphatic heterocycles. The van der Waals surface area contributed by atoms with Gasteiger partial charge in [-0.15, -0.1) is 0 Å². The summed E-state index contributed by atoms with van der Waals surface area (Å²) in [6.07, 6.45) is 0.852. The van der Waals surface area contributed by atoms with Crippen LogP contribution >= 0.6 is 25.6 Å². The number of hydrogen-bond acceptors (Lipinski definition) is 4. The van der Waals surface area contributed by atoms with Crippen LogP contribution in [-0.2, 0) is 26.5 Å². The molecule has 0 aromatic rings. The first-order chi connectivity index (χ1) is 4.18. The van der Waals surface area contributed by atoms with Crippen LogP contribution in [0.2, 0.25) is 0 Å². The van der Waals surface area contributed by atoms with Gasteiger partial charge < -0.3 is 4.74 Å². The summed E-state index contributed by atoms with van der Waals surface area (Å²) < 4.78 is 5.22. The number of amides is 1. The number of carbonyl (C=O) groups excluding carboxylic acids is 1. The maximum Gasteiger partial charge on any atom is 0.430 e. The van der Waals surface area contributed by atoms with Crippen LogP contribution in [-0.4, -0.2) is 16.4 Å². The summed E-state index contributed by atoms with van der Waals surface area (Å²) in [5, 5.41) is 0. The topological polar surface area (TPSA) is 29.5 Å². The quantitative estimate of drug-likeness (QED) is 0.411. The zero-order valence-corrected chi connectivity index (χ0v) is 8.50. The Morgan fingerprint density at radius 1 is 1.70 bits per heavy atom. The Bertz CT molecular complexity index is 120. The Morgan fingerprint density at radius 2 is 2.20 bits per heavy atom. The first-order valence-electron chi connectivity index (χ1n) is 2.14. The third-order valence-corrected chi connectivity index (χ3v) is 0.815. The molecule has 0 rings (SSSR count). The molecule has 3 nitrogen and oxygen atoms in total. The van der Waals surface area contributed by atoms with Gasteiger partial charge in [0, 0.05) is 21.7 Å². The molecule has 0 aromatic heterocycles. The van der Waals surface area contributed by atoms with E-state index in [4.69, 9.17) is 0 Å². The van der Waals surface area contributed by atoms with E-state index in [-0.39, 0.29) is 28.3 Å². The second-order valence-corrected chi connectivity index (χ2v) is 2.27. The van der Waals surface area contributed by atoms with Gasteiger partial charge in [-0.1, -0.05) is 12.7 Å². The molecule has 1 amide bonds. The molecule has 0 aliphatic rings. The van der Waals surface area contributed by atoms with Crippen molar-refractivity contribution in [3.05, 3.63) is 12.7 Å². The predicted octanol–water partition coefficient (Wildman–Crippen LogP) is 1.30. The fourth-order valence-corrected chi connectivity index (χ4v) is 0.303. The monoisotopic (exact) mass is 213 g/mol. The van der Waals surface area contributed by atoms with Crippen LogP contribution in [0.3, 0.4) is 0 Å². The number of ether oxygens (including phenoxy) is 1. The van der Waals surface area contributed by atoms with Crippen LogP contribution < -0.4 is 0 Å². The minimum Gasteiger partial charge on any atom is -0.444 e. The average molecular weight is 213 g/mol. The molecular formula is C4H7NO2S2Ti. The number of hydrogen-bond donors (Lipinski definition) is 2. The fraction of sp³-hybridized carbons (Fsp3) is 0.250. The molecule has 10 heavy (non-hydrogen) atoms. The summed E-state index contributed by atoms with van der Waals surface area (Å²) >= 11 is 7.11. The van der Waals surface area contributed by atoms with Crippen LogP contribution in [0.1, 0.15) is 0 Å². The van der Waals surface area contributed by atoms with Gasteiger partial charge in [0.1, 0.15) is 6.61 Å². The molecule has 0 saturated heterocycles. The van der Waals surface area contributed by atoms with Crippen molar-refractivity contribution >= 4 is 31.7 Å². The van der Waals surface area contributed by atoms with Crippen LogP contribution in [0.5, 0.6) is 0 Å². The Balaban J connectivity index is 0. The second kappa shape index (κ2) is 7.53. The summed E-state index contributed by atoms with van der Waals surface area (Å²) in [5.74, 6) is 0. The van der Waals surface area contributed by atoms with Crippen molar-refractivity contribution in [3.8, 4) is 0 Å². The molecule has 0 atom stereocenters. The average Bonchev–Trinajstić information content (AvgIpc) is 1.82. The Hall–Kier alpha value is 0.424. The normalized spacial score (nSPS) is 7.40. The van der Waals surface area contributed by atoms with Crippen molar-refractivity contribution in [3.63, 3.8) is 0 Å². The van der Waals surface area contributed by atoms with Gasteiger partial charge in [-0.2, -0.15) is 3.71 Å². The maximum absolute atomic E-state index is 10.4. The predicted molar refractivity (Wildman–Crippen MR) is 41.4 cm³/mol. The SMILES string of the molecule is C=CCOC(=O)N(S)S.[Ti]. The molecular weight excluding hydrogens is 206 g/mol. The smallest absolute Gasteiger partial charge is 0.430 e. The Labute approximate surface area is 85.8 Å². The molecule has 0 aliphatic carbocycles. The number of nitrogens with zero attached hydrogens (tertiary/aromatic N) is 1. The van der Waals surface area contributed by atoms with Crippen molar-refractivity contribution in [2.45, 2.75) is 0 Å². The molecule has 0 radical (unpaired) electrons. The van der Waals surface area contributed by atoms with E-state index in [1.54, 1.807) is 0 Å². The molecule has 0 heterocycles. The van der Waals surface area contributed by atoms with Crippen LogP contribution in [0.25, 0.3) is 0 Å². The zero-order chi connectivity index (χ0) is 7.28. The number of carbonyl (C=O) groups is 1. The van der Waals surface area contributed by atoms with Crippen LogP contribution in [0, 0.1) is 0 Å². The van der Waals surface area contributed by atoms with E-state index < -0.39 is 6.09 Å².